The first-order chi connectivity index (χ1) is 8.97. The number of likely N-dealkylation sites (tertiary alicyclic amines) is 1. The van der Waals surface area contributed by atoms with Gasteiger partial charge in [-0.05, 0) is 40.9 Å². The Kier molecular flexibility index (Phi) is 4.22. The predicted octanol–water partition coefficient (Wildman–Crippen LogP) is 2.18. The minimum atomic E-state index is -0.517. The highest BCUT2D eigenvalue weighted by Gasteiger charge is 2.33. The minimum Gasteiger partial charge on any atom is -0.338 e. The summed E-state index contributed by atoms with van der Waals surface area (Å²) in [6, 6.07) is 6.68. The third-order valence-electron chi connectivity index (χ3n) is 3.09. The Morgan fingerprint density at radius 1 is 1.21 bits per heavy atom. The quantitative estimate of drug-likeness (QED) is 0.801. The van der Waals surface area contributed by atoms with Crippen LogP contribution in [0.1, 0.15) is 22.3 Å². The summed E-state index contributed by atoms with van der Waals surface area (Å²) in [6.45, 7) is 0.744. The van der Waals surface area contributed by atoms with E-state index in [0.29, 0.717) is 18.7 Å². The van der Waals surface area contributed by atoms with E-state index >= 15 is 0 Å². The van der Waals surface area contributed by atoms with E-state index in [1.165, 1.54) is 0 Å². The lowest BCUT2D eigenvalue weighted by Crippen LogP contribution is -2.25. The summed E-state index contributed by atoms with van der Waals surface area (Å²) in [4.78, 5) is 35.3. The molecule has 1 aliphatic rings. The first-order valence-electron chi connectivity index (χ1n) is 5.73. The Balaban J connectivity index is 2.03. The number of hydrogen-bond donors (Lipinski definition) is 0. The van der Waals surface area contributed by atoms with Gasteiger partial charge in [-0.3, -0.25) is 14.4 Å². The van der Waals surface area contributed by atoms with Crippen LogP contribution in [0.15, 0.2) is 24.3 Å². The minimum absolute atomic E-state index is 0.0866. The molecule has 1 atom stereocenters. The zero-order chi connectivity index (χ0) is 14.0. The molecule has 0 aromatic heterocycles. The summed E-state index contributed by atoms with van der Waals surface area (Å²) in [5.41, 5.74) is 1.28. The van der Waals surface area contributed by atoms with Gasteiger partial charge in [0.1, 0.15) is 0 Å². The molecule has 4 nitrogen and oxygen atoms in total. The molecule has 100 valence electrons. The number of hydrogen-bond acceptors (Lipinski definition) is 3. The lowest BCUT2D eigenvalue weighted by atomic mass is 10.1. The molecule has 1 amide bonds. The summed E-state index contributed by atoms with van der Waals surface area (Å²) in [7, 11) is 0. The van der Waals surface area contributed by atoms with Crippen LogP contribution in [-0.2, 0) is 16.1 Å². The maximum absolute atomic E-state index is 11.7. The van der Waals surface area contributed by atoms with Crippen LogP contribution >= 0.6 is 23.2 Å². The number of halogens is 2. The van der Waals surface area contributed by atoms with Crippen LogP contribution in [0, 0.1) is 5.92 Å². The highest BCUT2D eigenvalue weighted by molar-refractivity contribution is 6.67. The number of nitrogens with zero attached hydrogens (tertiary/aromatic N) is 1. The van der Waals surface area contributed by atoms with E-state index in [1.807, 2.05) is 0 Å². The van der Waals surface area contributed by atoms with Crippen LogP contribution in [0.5, 0.6) is 0 Å². The third-order valence-corrected chi connectivity index (χ3v) is 3.62. The van der Waals surface area contributed by atoms with Crippen molar-refractivity contribution in [3.05, 3.63) is 35.4 Å². The highest BCUT2D eigenvalue weighted by Crippen LogP contribution is 2.22. The maximum atomic E-state index is 11.7. The molecule has 0 spiro atoms. The van der Waals surface area contributed by atoms with Crippen molar-refractivity contribution in [2.45, 2.75) is 13.0 Å². The summed E-state index contributed by atoms with van der Waals surface area (Å²) in [6.07, 6.45) is 0.167. The van der Waals surface area contributed by atoms with Crippen LogP contribution < -0.4 is 0 Å². The zero-order valence-corrected chi connectivity index (χ0v) is 11.4. The highest BCUT2D eigenvalue weighted by atomic mass is 35.5. The van der Waals surface area contributed by atoms with E-state index in [2.05, 4.69) is 0 Å². The van der Waals surface area contributed by atoms with E-state index < -0.39 is 16.4 Å². The van der Waals surface area contributed by atoms with Gasteiger partial charge in [-0.2, -0.15) is 0 Å². The fourth-order valence-corrected chi connectivity index (χ4v) is 2.31. The number of amides is 1. The van der Waals surface area contributed by atoms with E-state index in [4.69, 9.17) is 23.2 Å². The molecule has 0 aliphatic carbocycles. The molecule has 6 heteroatoms. The van der Waals surface area contributed by atoms with E-state index in [9.17, 15) is 14.4 Å². The molecule has 1 fully saturated rings. The van der Waals surface area contributed by atoms with Gasteiger partial charge in [-0.25, -0.2) is 0 Å². The van der Waals surface area contributed by atoms with E-state index in [0.717, 1.165) is 5.56 Å². The van der Waals surface area contributed by atoms with Gasteiger partial charge in [-0.1, -0.05) is 12.1 Å². The van der Waals surface area contributed by atoms with Gasteiger partial charge in [0, 0.05) is 25.1 Å². The number of rotatable bonds is 4. The fourth-order valence-electron chi connectivity index (χ4n) is 2.04. The topological polar surface area (TPSA) is 54.5 Å². The number of carbonyl (C=O) groups is 3. The average Bonchev–Trinajstić information content (AvgIpc) is 2.72. The lowest BCUT2D eigenvalue weighted by Gasteiger charge is -2.16. The van der Waals surface area contributed by atoms with Crippen molar-refractivity contribution in [1.29, 1.82) is 0 Å². The van der Waals surface area contributed by atoms with Gasteiger partial charge in [0.05, 0.1) is 5.92 Å². The van der Waals surface area contributed by atoms with E-state index in [1.54, 1.807) is 29.2 Å². The molecule has 0 N–H and O–H groups in total. The largest absolute Gasteiger partial charge is 0.338 e. The predicted molar refractivity (Wildman–Crippen MR) is 71.0 cm³/mol. The molecule has 1 aliphatic heterocycles. The molecule has 19 heavy (non-hydrogen) atoms. The molecule has 0 bridgehead atoms. The van der Waals surface area contributed by atoms with Crippen molar-refractivity contribution < 1.29 is 14.4 Å². The molecule has 1 unspecified atom stereocenters. The Hall–Kier alpha value is -1.39. The second-order valence-corrected chi connectivity index (χ2v) is 5.17. The molecular weight excluding hydrogens is 289 g/mol. The van der Waals surface area contributed by atoms with Crippen molar-refractivity contribution >= 4 is 39.6 Å². The van der Waals surface area contributed by atoms with Gasteiger partial charge >= 0.3 is 0 Å². The summed E-state index contributed by atoms with van der Waals surface area (Å²) in [5.74, 6) is -0.505. The smallest absolute Gasteiger partial charge is 0.252 e. The first-order valence-corrected chi connectivity index (χ1v) is 6.49. The van der Waals surface area contributed by atoms with Crippen molar-refractivity contribution in [2.24, 2.45) is 5.92 Å². The van der Waals surface area contributed by atoms with Gasteiger partial charge in [-0.15, -0.1) is 0 Å². The Bertz CT molecular complexity index is 527. The molecule has 0 saturated carbocycles. The van der Waals surface area contributed by atoms with Gasteiger partial charge < -0.3 is 4.90 Å². The number of carbonyl (C=O) groups excluding carboxylic acids is 3. The molecule has 1 aromatic carbocycles. The normalized spacial score (nSPS) is 18.7. The zero-order valence-electron chi connectivity index (χ0n) is 9.94. The standard InChI is InChI=1S/C13H11Cl2NO3/c14-12(18)9-3-1-8(2-4-9)6-16-7-10(13(15)19)5-11(16)17/h1-4,10H,5-7H2. The molecule has 2 rings (SSSR count). The second-order valence-electron chi connectivity index (χ2n) is 4.45. The van der Waals surface area contributed by atoms with Gasteiger partial charge in [0.2, 0.25) is 11.1 Å². The maximum Gasteiger partial charge on any atom is 0.252 e. The van der Waals surface area contributed by atoms with Crippen molar-refractivity contribution in [3.8, 4) is 0 Å². The summed E-state index contributed by atoms with van der Waals surface area (Å²) in [5, 5.41) is -0.990. The second kappa shape index (κ2) is 5.72. The van der Waals surface area contributed by atoms with Crippen molar-refractivity contribution in [2.75, 3.05) is 6.54 Å². The molecule has 1 aromatic rings. The van der Waals surface area contributed by atoms with Crippen molar-refractivity contribution in [1.82, 2.24) is 4.90 Å². The van der Waals surface area contributed by atoms with E-state index in [-0.39, 0.29) is 12.3 Å². The molecule has 1 saturated heterocycles. The molecular formula is C13H11Cl2NO3. The van der Waals surface area contributed by atoms with Crippen molar-refractivity contribution in [3.63, 3.8) is 0 Å². The summed E-state index contributed by atoms with van der Waals surface area (Å²) < 4.78 is 0. The Morgan fingerprint density at radius 2 is 1.84 bits per heavy atom. The van der Waals surface area contributed by atoms with Gasteiger partial charge in [0.25, 0.3) is 5.24 Å². The first kappa shape index (κ1) is 14.0. The Morgan fingerprint density at radius 3 is 2.32 bits per heavy atom. The lowest BCUT2D eigenvalue weighted by molar-refractivity contribution is -0.128. The molecule has 0 radical (unpaired) electrons. The monoisotopic (exact) mass is 299 g/mol. The fraction of sp³-hybridized carbons (Fsp3) is 0.308. The van der Waals surface area contributed by atoms with Gasteiger partial charge in [0.15, 0.2) is 0 Å². The SMILES string of the molecule is O=C(Cl)c1ccc(CN2CC(C(=O)Cl)CC2=O)cc1. The Labute approximate surface area is 120 Å². The van der Waals surface area contributed by atoms with Crippen LogP contribution in [0.3, 0.4) is 0 Å². The van der Waals surface area contributed by atoms with Crippen LogP contribution in [0.2, 0.25) is 0 Å². The van der Waals surface area contributed by atoms with Crippen LogP contribution in [-0.4, -0.2) is 27.8 Å². The summed E-state index contributed by atoms with van der Waals surface area (Å²) >= 11 is 10.8. The number of benzene rings is 1. The van der Waals surface area contributed by atoms with Crippen LogP contribution in [0.4, 0.5) is 0 Å². The molecule has 1 heterocycles. The van der Waals surface area contributed by atoms with Crippen LogP contribution in [0.25, 0.3) is 0 Å². The average molecular weight is 300 g/mol. The third kappa shape index (κ3) is 3.33.